The van der Waals surface area contributed by atoms with Crippen LogP contribution in [0.5, 0.6) is 11.8 Å². The molecule has 0 atom stereocenters. The predicted molar refractivity (Wildman–Crippen MR) is 133 cm³/mol. The van der Waals surface area contributed by atoms with Crippen molar-refractivity contribution in [1.82, 2.24) is 14.9 Å². The van der Waals surface area contributed by atoms with Gasteiger partial charge in [-0.2, -0.15) is 9.97 Å². The molecule has 7 nitrogen and oxygen atoms in total. The minimum absolute atomic E-state index is 0.166. The van der Waals surface area contributed by atoms with Crippen molar-refractivity contribution in [2.45, 2.75) is 51.1 Å². The molecule has 2 aromatic carbocycles. The Kier molecular flexibility index (Phi) is 7.96. The van der Waals surface area contributed by atoms with Gasteiger partial charge in [0.15, 0.2) is 0 Å². The van der Waals surface area contributed by atoms with Crippen molar-refractivity contribution in [3.05, 3.63) is 66.2 Å². The molecule has 0 radical (unpaired) electrons. The van der Waals surface area contributed by atoms with E-state index in [2.05, 4.69) is 51.7 Å². The van der Waals surface area contributed by atoms with Crippen LogP contribution in [0.15, 0.2) is 60.7 Å². The smallest absolute Gasteiger partial charge is 0.324 e. The third-order valence-electron chi connectivity index (χ3n) is 6.26. The van der Waals surface area contributed by atoms with Crippen LogP contribution >= 0.6 is 0 Å². The number of hydrogen-bond acceptors (Lipinski definition) is 5. The number of methoxy groups -OCH3 is 2. The number of nitrogens with one attached hydrogen (secondary N) is 1. The number of aromatic nitrogens is 2. The lowest BCUT2D eigenvalue weighted by atomic mass is 10.0. The van der Waals surface area contributed by atoms with Crippen LogP contribution in [0.4, 0.5) is 10.7 Å². The Hall–Kier alpha value is -3.61. The van der Waals surface area contributed by atoms with E-state index in [4.69, 9.17) is 9.47 Å². The largest absolute Gasteiger partial charge is 0.481 e. The van der Waals surface area contributed by atoms with Gasteiger partial charge in [-0.1, -0.05) is 80.3 Å². The third kappa shape index (κ3) is 6.04. The maximum atomic E-state index is 13.5. The molecule has 7 heteroatoms. The summed E-state index contributed by atoms with van der Waals surface area (Å²) in [6.07, 6.45) is 6.69. The monoisotopic (exact) mass is 460 g/mol. The zero-order chi connectivity index (χ0) is 23.8. The van der Waals surface area contributed by atoms with Crippen LogP contribution in [0.3, 0.4) is 0 Å². The van der Waals surface area contributed by atoms with Crippen LogP contribution in [0, 0.1) is 0 Å². The highest BCUT2D eigenvalue weighted by atomic mass is 16.5. The van der Waals surface area contributed by atoms with Gasteiger partial charge in [-0.05, 0) is 29.5 Å². The molecule has 1 heterocycles. The van der Waals surface area contributed by atoms with Crippen LogP contribution in [-0.4, -0.2) is 41.2 Å². The number of hydrogen-bond donors (Lipinski definition) is 1. The van der Waals surface area contributed by atoms with Gasteiger partial charge in [0.2, 0.25) is 17.7 Å². The molecule has 4 rings (SSSR count). The highest BCUT2D eigenvalue weighted by molar-refractivity contribution is 5.87. The molecular formula is C27H32N4O3. The van der Waals surface area contributed by atoms with Crippen molar-refractivity contribution >= 4 is 12.0 Å². The van der Waals surface area contributed by atoms with Gasteiger partial charge in [0, 0.05) is 12.6 Å². The van der Waals surface area contributed by atoms with Gasteiger partial charge in [-0.3, -0.25) is 5.32 Å². The van der Waals surface area contributed by atoms with Crippen molar-refractivity contribution in [3.8, 4) is 22.9 Å². The number of urea groups is 1. The van der Waals surface area contributed by atoms with Gasteiger partial charge in [-0.25, -0.2) is 4.79 Å². The van der Waals surface area contributed by atoms with E-state index < -0.39 is 0 Å². The molecule has 0 bridgehead atoms. The molecule has 0 spiro atoms. The summed E-state index contributed by atoms with van der Waals surface area (Å²) in [5, 5.41) is 2.87. The Morgan fingerprint density at radius 1 is 0.882 bits per heavy atom. The molecule has 1 aliphatic carbocycles. The lowest BCUT2D eigenvalue weighted by molar-refractivity contribution is 0.175. The molecule has 178 valence electrons. The number of amides is 2. The van der Waals surface area contributed by atoms with E-state index in [0.717, 1.165) is 36.8 Å². The van der Waals surface area contributed by atoms with E-state index >= 15 is 0 Å². The quantitative estimate of drug-likeness (QED) is 0.443. The summed E-state index contributed by atoms with van der Waals surface area (Å²) in [5.41, 5.74) is 3.42. The predicted octanol–water partition coefficient (Wildman–Crippen LogP) is 5.92. The standard InChI is InChI=1S/C27H32N4O3/c1-33-24-18-25(34-2)29-26(28-24)30-27(32)31(23-12-8-3-4-9-13-23)19-20-14-16-22(17-15-20)21-10-6-5-7-11-21/h5-7,10-11,14-18,23H,3-4,8-9,12-13,19H2,1-2H3,(H,28,29,30,32). The van der Waals surface area contributed by atoms with E-state index in [-0.39, 0.29) is 18.0 Å². The van der Waals surface area contributed by atoms with Crippen LogP contribution < -0.4 is 14.8 Å². The second kappa shape index (κ2) is 11.5. The second-order valence-corrected chi connectivity index (χ2v) is 8.54. The molecule has 34 heavy (non-hydrogen) atoms. The topological polar surface area (TPSA) is 76.6 Å². The minimum atomic E-state index is -0.214. The Bertz CT molecular complexity index is 1040. The summed E-state index contributed by atoms with van der Waals surface area (Å²) in [5.74, 6) is 0.832. The van der Waals surface area contributed by atoms with Crippen molar-refractivity contribution in [1.29, 1.82) is 0 Å². The SMILES string of the molecule is COc1cc(OC)nc(NC(=O)N(Cc2ccc(-c3ccccc3)cc2)C2CCCCCC2)n1. The Morgan fingerprint density at radius 3 is 2.06 bits per heavy atom. The van der Waals surface area contributed by atoms with Gasteiger partial charge >= 0.3 is 6.03 Å². The van der Waals surface area contributed by atoms with E-state index in [1.54, 1.807) is 6.07 Å². The summed E-state index contributed by atoms with van der Waals surface area (Å²) in [6.45, 7) is 0.521. The first-order valence-corrected chi connectivity index (χ1v) is 11.9. The average molecular weight is 461 g/mol. The number of rotatable bonds is 7. The van der Waals surface area contributed by atoms with E-state index in [1.165, 1.54) is 32.6 Å². The summed E-state index contributed by atoms with van der Waals surface area (Å²) < 4.78 is 10.4. The fourth-order valence-electron chi connectivity index (χ4n) is 4.40. The normalized spacial score (nSPS) is 14.2. The lowest BCUT2D eigenvalue weighted by Crippen LogP contribution is -2.42. The molecule has 1 fully saturated rings. The molecule has 0 saturated heterocycles. The maximum absolute atomic E-state index is 13.5. The number of carbonyl (C=O) groups is 1. The third-order valence-corrected chi connectivity index (χ3v) is 6.26. The summed E-state index contributed by atoms with van der Waals surface area (Å²) in [6, 6.07) is 20.3. The zero-order valence-electron chi connectivity index (χ0n) is 19.9. The first-order valence-electron chi connectivity index (χ1n) is 11.9. The van der Waals surface area contributed by atoms with Gasteiger partial charge < -0.3 is 14.4 Å². The van der Waals surface area contributed by atoms with Crippen molar-refractivity contribution < 1.29 is 14.3 Å². The molecule has 1 saturated carbocycles. The lowest BCUT2D eigenvalue weighted by Gasteiger charge is -2.31. The Labute approximate surface area is 201 Å². The van der Waals surface area contributed by atoms with Crippen LogP contribution in [0.1, 0.15) is 44.1 Å². The Morgan fingerprint density at radius 2 is 1.47 bits per heavy atom. The zero-order valence-corrected chi connectivity index (χ0v) is 19.9. The number of benzene rings is 2. The fourth-order valence-corrected chi connectivity index (χ4v) is 4.40. The van der Waals surface area contributed by atoms with E-state index in [0.29, 0.717) is 18.3 Å². The molecule has 0 aliphatic heterocycles. The molecule has 1 N–H and O–H groups in total. The van der Waals surface area contributed by atoms with Gasteiger partial charge in [0.25, 0.3) is 0 Å². The average Bonchev–Trinajstić information content (AvgIpc) is 3.17. The highest BCUT2D eigenvalue weighted by Crippen LogP contribution is 2.26. The molecule has 0 unspecified atom stereocenters. The van der Waals surface area contributed by atoms with Crippen molar-refractivity contribution in [2.75, 3.05) is 19.5 Å². The molecular weight excluding hydrogens is 428 g/mol. The van der Waals surface area contributed by atoms with Crippen LogP contribution in [-0.2, 0) is 6.54 Å². The first kappa shape index (κ1) is 23.5. The minimum Gasteiger partial charge on any atom is -0.481 e. The summed E-state index contributed by atoms with van der Waals surface area (Å²) in [7, 11) is 3.04. The molecule has 1 aromatic heterocycles. The van der Waals surface area contributed by atoms with Gasteiger partial charge in [0.1, 0.15) is 0 Å². The number of nitrogens with zero attached hydrogens (tertiary/aromatic N) is 3. The Balaban J connectivity index is 1.55. The van der Waals surface area contributed by atoms with Gasteiger partial charge in [0.05, 0.1) is 20.3 Å². The maximum Gasteiger partial charge on any atom is 0.324 e. The van der Waals surface area contributed by atoms with Crippen LogP contribution in [0.25, 0.3) is 11.1 Å². The number of ether oxygens (including phenoxy) is 2. The fraction of sp³-hybridized carbons (Fsp3) is 0.370. The van der Waals surface area contributed by atoms with Crippen molar-refractivity contribution in [3.63, 3.8) is 0 Å². The highest BCUT2D eigenvalue weighted by Gasteiger charge is 2.26. The van der Waals surface area contributed by atoms with E-state index in [9.17, 15) is 4.79 Å². The molecule has 3 aromatic rings. The summed E-state index contributed by atoms with van der Waals surface area (Å²) in [4.78, 5) is 23.9. The molecule has 2 amide bonds. The number of carbonyl (C=O) groups excluding carboxylic acids is 1. The van der Waals surface area contributed by atoms with Crippen LogP contribution in [0.2, 0.25) is 0 Å². The summed E-state index contributed by atoms with van der Waals surface area (Å²) >= 11 is 0. The molecule has 1 aliphatic rings. The second-order valence-electron chi connectivity index (χ2n) is 8.54. The van der Waals surface area contributed by atoms with E-state index in [1.807, 2.05) is 23.1 Å². The number of anilines is 1. The van der Waals surface area contributed by atoms with Crippen molar-refractivity contribution in [2.24, 2.45) is 0 Å². The van der Waals surface area contributed by atoms with Gasteiger partial charge in [-0.15, -0.1) is 0 Å². The first-order chi connectivity index (χ1) is 16.7.